The molecule has 2 fully saturated rings. The van der Waals surface area contributed by atoms with E-state index in [2.05, 4.69) is 25.0 Å². The first-order chi connectivity index (χ1) is 18.0. The standard InChI is InChI=1S/C26H25N5O5S/c1-34-21-9-3-2-8-17(21)18-11-13-28-26(29-18)30-19-14-35-25-20(15-36-24(19)25)31-37(32,33)22-10-4-6-16-7-5-12-27-23(16)22/h2-13,19-20,24-25,31H,14-15H2,1H3,(H,28,29,30). The molecule has 4 unspecified atom stereocenters. The number of hydrogen-bond donors (Lipinski definition) is 2. The number of ether oxygens (including phenoxy) is 3. The molecule has 190 valence electrons. The summed E-state index contributed by atoms with van der Waals surface area (Å²) in [6, 6.07) is 17.4. The zero-order valence-corrected chi connectivity index (χ0v) is 20.8. The number of fused-ring (bicyclic) bond motifs is 2. The Bertz CT molecular complexity index is 1540. The van der Waals surface area contributed by atoms with E-state index in [1.165, 1.54) is 0 Å². The van der Waals surface area contributed by atoms with Gasteiger partial charge in [0, 0.05) is 23.3 Å². The van der Waals surface area contributed by atoms with Gasteiger partial charge in [0.1, 0.15) is 22.9 Å². The van der Waals surface area contributed by atoms with Gasteiger partial charge in [-0.3, -0.25) is 4.98 Å². The number of aromatic nitrogens is 3. The van der Waals surface area contributed by atoms with Gasteiger partial charge in [0.25, 0.3) is 0 Å². The molecule has 0 aliphatic carbocycles. The van der Waals surface area contributed by atoms with Crippen LogP contribution < -0.4 is 14.8 Å². The average Bonchev–Trinajstić information content (AvgIpc) is 3.51. The minimum atomic E-state index is -3.86. The van der Waals surface area contributed by atoms with E-state index < -0.39 is 22.2 Å². The molecule has 37 heavy (non-hydrogen) atoms. The third kappa shape index (κ3) is 4.51. The summed E-state index contributed by atoms with van der Waals surface area (Å²) in [7, 11) is -2.24. The second kappa shape index (κ2) is 9.67. The third-order valence-electron chi connectivity index (χ3n) is 6.60. The van der Waals surface area contributed by atoms with Crippen molar-refractivity contribution in [1.82, 2.24) is 19.7 Å². The lowest BCUT2D eigenvalue weighted by atomic mass is 10.1. The lowest BCUT2D eigenvalue weighted by Gasteiger charge is -2.19. The maximum Gasteiger partial charge on any atom is 0.243 e. The zero-order valence-electron chi connectivity index (χ0n) is 19.9. The van der Waals surface area contributed by atoms with Gasteiger partial charge in [0.2, 0.25) is 16.0 Å². The minimum Gasteiger partial charge on any atom is -0.496 e. The summed E-state index contributed by atoms with van der Waals surface area (Å²) >= 11 is 0. The number of rotatable bonds is 7. The number of nitrogens with one attached hydrogen (secondary N) is 2. The highest BCUT2D eigenvalue weighted by atomic mass is 32.2. The fourth-order valence-corrected chi connectivity index (χ4v) is 6.29. The van der Waals surface area contributed by atoms with Crippen molar-refractivity contribution in [2.45, 2.75) is 29.2 Å². The molecule has 2 saturated heterocycles. The molecular formula is C26H25N5O5S. The fourth-order valence-electron chi connectivity index (χ4n) is 4.88. The van der Waals surface area contributed by atoms with Crippen molar-refractivity contribution in [3.63, 3.8) is 0 Å². The SMILES string of the molecule is COc1ccccc1-c1ccnc(NC2COC3C(NS(=O)(=O)c4cccc5cccnc45)COC23)n1. The molecule has 2 aromatic carbocycles. The van der Waals surface area contributed by atoms with Crippen molar-refractivity contribution in [2.24, 2.45) is 0 Å². The Balaban J connectivity index is 1.17. The molecule has 0 amide bonds. The average molecular weight is 520 g/mol. The molecule has 0 saturated carbocycles. The molecule has 4 atom stereocenters. The predicted molar refractivity (Wildman–Crippen MR) is 137 cm³/mol. The first kappa shape index (κ1) is 23.7. The van der Waals surface area contributed by atoms with Gasteiger partial charge >= 0.3 is 0 Å². The monoisotopic (exact) mass is 519 g/mol. The van der Waals surface area contributed by atoms with E-state index in [-0.39, 0.29) is 23.6 Å². The normalized spacial score (nSPS) is 23.2. The molecule has 6 rings (SSSR count). The molecule has 0 radical (unpaired) electrons. The summed E-state index contributed by atoms with van der Waals surface area (Å²) in [4.78, 5) is 13.4. The third-order valence-corrected chi connectivity index (χ3v) is 8.12. The van der Waals surface area contributed by atoms with E-state index in [1.807, 2.05) is 42.5 Å². The number of benzene rings is 2. The van der Waals surface area contributed by atoms with E-state index in [9.17, 15) is 8.42 Å². The molecule has 2 aromatic heterocycles. The summed E-state index contributed by atoms with van der Waals surface area (Å²) < 4.78 is 46.8. The number of para-hydroxylation sites is 2. The molecule has 11 heteroatoms. The second-order valence-corrected chi connectivity index (χ2v) is 10.6. The van der Waals surface area contributed by atoms with Gasteiger partial charge in [-0.2, -0.15) is 0 Å². The Kier molecular flexibility index (Phi) is 6.21. The van der Waals surface area contributed by atoms with Crippen LogP contribution in [-0.4, -0.2) is 68.0 Å². The smallest absolute Gasteiger partial charge is 0.243 e. The number of anilines is 1. The number of methoxy groups -OCH3 is 1. The maximum atomic E-state index is 13.3. The lowest BCUT2D eigenvalue weighted by molar-refractivity contribution is 0.0690. The van der Waals surface area contributed by atoms with Gasteiger partial charge in [-0.25, -0.2) is 23.1 Å². The van der Waals surface area contributed by atoms with Crippen LogP contribution in [0, 0.1) is 0 Å². The number of nitrogens with zero attached hydrogens (tertiary/aromatic N) is 3. The Morgan fingerprint density at radius 3 is 2.54 bits per heavy atom. The summed E-state index contributed by atoms with van der Waals surface area (Å²) in [5.41, 5.74) is 1.99. The molecule has 10 nitrogen and oxygen atoms in total. The van der Waals surface area contributed by atoms with Crippen LogP contribution in [0.25, 0.3) is 22.2 Å². The van der Waals surface area contributed by atoms with E-state index in [0.29, 0.717) is 29.5 Å². The van der Waals surface area contributed by atoms with Crippen LogP contribution in [0.4, 0.5) is 5.95 Å². The highest BCUT2D eigenvalue weighted by molar-refractivity contribution is 7.89. The highest BCUT2D eigenvalue weighted by Gasteiger charge is 2.49. The van der Waals surface area contributed by atoms with Crippen LogP contribution in [0.3, 0.4) is 0 Å². The van der Waals surface area contributed by atoms with Crippen molar-refractivity contribution in [3.05, 3.63) is 73.1 Å². The number of pyridine rings is 1. The summed E-state index contributed by atoms with van der Waals surface area (Å²) in [5.74, 6) is 1.14. The molecule has 0 spiro atoms. The van der Waals surface area contributed by atoms with Crippen LogP contribution in [0.1, 0.15) is 0 Å². The van der Waals surface area contributed by atoms with Crippen molar-refractivity contribution < 1.29 is 22.6 Å². The Morgan fingerprint density at radius 2 is 1.68 bits per heavy atom. The van der Waals surface area contributed by atoms with Gasteiger partial charge in [0.05, 0.1) is 43.6 Å². The van der Waals surface area contributed by atoms with Gasteiger partial charge in [-0.1, -0.05) is 30.3 Å². The molecule has 2 aliphatic heterocycles. The number of hydrogen-bond acceptors (Lipinski definition) is 9. The van der Waals surface area contributed by atoms with Crippen molar-refractivity contribution in [1.29, 1.82) is 0 Å². The predicted octanol–water partition coefficient (Wildman–Crippen LogP) is 2.63. The molecular weight excluding hydrogens is 494 g/mol. The first-order valence-electron chi connectivity index (χ1n) is 11.9. The van der Waals surface area contributed by atoms with E-state index in [4.69, 9.17) is 14.2 Å². The van der Waals surface area contributed by atoms with Crippen molar-refractivity contribution >= 4 is 26.9 Å². The fraction of sp³-hybridized carbons (Fsp3) is 0.269. The first-order valence-corrected chi connectivity index (χ1v) is 13.3. The molecule has 0 bridgehead atoms. The van der Waals surface area contributed by atoms with Crippen molar-refractivity contribution in [3.8, 4) is 17.0 Å². The molecule has 2 aliphatic rings. The van der Waals surface area contributed by atoms with E-state index >= 15 is 0 Å². The Hall–Kier alpha value is -3.64. The van der Waals surface area contributed by atoms with Gasteiger partial charge in [-0.15, -0.1) is 0 Å². The van der Waals surface area contributed by atoms with Crippen molar-refractivity contribution in [2.75, 3.05) is 25.6 Å². The van der Waals surface area contributed by atoms with Crippen LogP contribution in [0.15, 0.2) is 78.0 Å². The maximum absolute atomic E-state index is 13.3. The summed E-state index contributed by atoms with van der Waals surface area (Å²) in [5, 5.41) is 4.05. The van der Waals surface area contributed by atoms with Crippen LogP contribution in [0.2, 0.25) is 0 Å². The molecule has 4 aromatic rings. The van der Waals surface area contributed by atoms with Crippen LogP contribution in [-0.2, 0) is 19.5 Å². The van der Waals surface area contributed by atoms with Crippen LogP contribution in [0.5, 0.6) is 5.75 Å². The summed E-state index contributed by atoms with van der Waals surface area (Å²) in [6.07, 6.45) is 2.44. The van der Waals surface area contributed by atoms with Gasteiger partial charge in [0.15, 0.2) is 0 Å². The van der Waals surface area contributed by atoms with Crippen LogP contribution >= 0.6 is 0 Å². The quantitative estimate of drug-likeness (QED) is 0.379. The number of sulfonamides is 1. The van der Waals surface area contributed by atoms with Gasteiger partial charge < -0.3 is 19.5 Å². The Morgan fingerprint density at radius 1 is 0.892 bits per heavy atom. The zero-order chi connectivity index (χ0) is 25.4. The summed E-state index contributed by atoms with van der Waals surface area (Å²) in [6.45, 7) is 0.513. The topological polar surface area (TPSA) is 125 Å². The highest BCUT2D eigenvalue weighted by Crippen LogP contribution is 2.32. The van der Waals surface area contributed by atoms with E-state index in [1.54, 1.807) is 37.7 Å². The Labute approximate surface area is 214 Å². The largest absolute Gasteiger partial charge is 0.496 e. The second-order valence-electron chi connectivity index (χ2n) is 8.87. The molecule has 4 heterocycles. The van der Waals surface area contributed by atoms with E-state index in [0.717, 1.165) is 10.9 Å². The molecule has 2 N–H and O–H groups in total. The van der Waals surface area contributed by atoms with Gasteiger partial charge in [-0.05, 0) is 30.3 Å². The lowest BCUT2D eigenvalue weighted by Crippen LogP contribution is -2.44. The minimum absolute atomic E-state index is 0.128.